The molecule has 0 fully saturated rings. The number of aromatic nitrogens is 1. The van der Waals surface area contributed by atoms with Crippen LogP contribution in [0.15, 0.2) is 48.5 Å². The van der Waals surface area contributed by atoms with Crippen LogP contribution in [-0.4, -0.2) is 10.9 Å². The lowest BCUT2D eigenvalue weighted by molar-refractivity contribution is -0.116. The van der Waals surface area contributed by atoms with Crippen molar-refractivity contribution in [3.8, 4) is 0 Å². The van der Waals surface area contributed by atoms with Crippen LogP contribution in [-0.2, 0) is 11.3 Å². The summed E-state index contributed by atoms with van der Waals surface area (Å²) >= 11 is 13.4. The fourth-order valence-corrected chi connectivity index (χ4v) is 3.22. The number of nitrogens with zero attached hydrogens (tertiary/aromatic N) is 1. The molecule has 3 rings (SSSR count). The molecule has 1 amide bonds. The predicted octanol–water partition coefficient (Wildman–Crippen LogP) is 4.93. The van der Waals surface area contributed by atoms with Crippen molar-refractivity contribution in [1.29, 1.82) is 0 Å². The number of carbonyl (C=O) groups is 1. The van der Waals surface area contributed by atoms with E-state index in [0.29, 0.717) is 16.6 Å². The third-order valence-electron chi connectivity index (χ3n) is 3.12. The summed E-state index contributed by atoms with van der Waals surface area (Å²) in [6.07, 6.45) is 3.16. The molecule has 2 aromatic carbocycles. The summed E-state index contributed by atoms with van der Waals surface area (Å²) in [7, 11) is 0. The lowest BCUT2D eigenvalue weighted by Crippen LogP contribution is -2.19. The maximum Gasteiger partial charge on any atom is 0.244 e. The van der Waals surface area contributed by atoms with Crippen molar-refractivity contribution in [1.82, 2.24) is 10.3 Å². The summed E-state index contributed by atoms with van der Waals surface area (Å²) in [5.41, 5.74) is 1.77. The molecular formula is C17H12Cl2N2OS. The molecule has 0 bridgehead atoms. The smallest absolute Gasteiger partial charge is 0.244 e. The molecule has 1 heterocycles. The van der Waals surface area contributed by atoms with Gasteiger partial charge in [-0.2, -0.15) is 0 Å². The maximum absolute atomic E-state index is 11.9. The number of amides is 1. The van der Waals surface area contributed by atoms with E-state index in [4.69, 9.17) is 23.2 Å². The van der Waals surface area contributed by atoms with Gasteiger partial charge in [-0.05, 0) is 35.9 Å². The minimum Gasteiger partial charge on any atom is -0.346 e. The van der Waals surface area contributed by atoms with Gasteiger partial charge in [-0.15, -0.1) is 11.3 Å². The quantitative estimate of drug-likeness (QED) is 0.668. The van der Waals surface area contributed by atoms with Gasteiger partial charge in [0.1, 0.15) is 5.01 Å². The molecule has 3 aromatic rings. The van der Waals surface area contributed by atoms with Gasteiger partial charge in [0.25, 0.3) is 0 Å². The molecule has 116 valence electrons. The summed E-state index contributed by atoms with van der Waals surface area (Å²) in [6.45, 7) is 0.407. The maximum atomic E-state index is 11.9. The average Bonchev–Trinajstić information content (AvgIpc) is 2.97. The van der Waals surface area contributed by atoms with E-state index in [0.717, 1.165) is 20.8 Å². The first kappa shape index (κ1) is 16.0. The first-order chi connectivity index (χ1) is 11.1. The standard InChI is InChI=1S/C17H12Cl2N2OS/c18-12-7-5-11(9-13(12)19)6-8-16(22)20-10-17-21-14-3-1-2-4-15(14)23-17/h1-9H,10H2,(H,20,22). The second-order valence-electron chi connectivity index (χ2n) is 4.80. The summed E-state index contributed by atoms with van der Waals surface area (Å²) in [5.74, 6) is -0.185. The fraction of sp³-hybridized carbons (Fsp3) is 0.0588. The Morgan fingerprint density at radius 1 is 1.17 bits per heavy atom. The van der Waals surface area contributed by atoms with Crippen LogP contribution in [0.4, 0.5) is 0 Å². The van der Waals surface area contributed by atoms with E-state index in [9.17, 15) is 4.79 Å². The van der Waals surface area contributed by atoms with Crippen LogP contribution >= 0.6 is 34.5 Å². The van der Waals surface area contributed by atoms with E-state index in [-0.39, 0.29) is 5.91 Å². The number of rotatable bonds is 4. The first-order valence-electron chi connectivity index (χ1n) is 6.87. The van der Waals surface area contributed by atoms with Gasteiger partial charge in [-0.3, -0.25) is 4.79 Å². The molecule has 0 spiro atoms. The van der Waals surface area contributed by atoms with Gasteiger partial charge in [0.2, 0.25) is 5.91 Å². The number of para-hydroxylation sites is 1. The zero-order valence-corrected chi connectivity index (χ0v) is 14.3. The number of carbonyl (C=O) groups excluding carboxylic acids is 1. The minimum atomic E-state index is -0.185. The normalized spacial score (nSPS) is 11.2. The second-order valence-corrected chi connectivity index (χ2v) is 6.73. The van der Waals surface area contributed by atoms with E-state index >= 15 is 0 Å². The van der Waals surface area contributed by atoms with Gasteiger partial charge in [0.05, 0.1) is 26.8 Å². The molecule has 3 nitrogen and oxygen atoms in total. The third kappa shape index (κ3) is 4.10. The molecule has 0 unspecified atom stereocenters. The van der Waals surface area contributed by atoms with Crippen molar-refractivity contribution >= 4 is 56.7 Å². The lowest BCUT2D eigenvalue weighted by atomic mass is 10.2. The van der Waals surface area contributed by atoms with Crippen molar-refractivity contribution in [2.75, 3.05) is 0 Å². The topological polar surface area (TPSA) is 42.0 Å². The summed E-state index contributed by atoms with van der Waals surface area (Å²) < 4.78 is 1.11. The molecule has 0 aliphatic carbocycles. The van der Waals surface area contributed by atoms with Crippen molar-refractivity contribution in [3.63, 3.8) is 0 Å². The van der Waals surface area contributed by atoms with Crippen LogP contribution in [0.5, 0.6) is 0 Å². The van der Waals surface area contributed by atoms with Crippen molar-refractivity contribution in [2.45, 2.75) is 6.54 Å². The van der Waals surface area contributed by atoms with Crippen LogP contribution in [0.3, 0.4) is 0 Å². The SMILES string of the molecule is O=C(C=Cc1ccc(Cl)c(Cl)c1)NCc1nc2ccccc2s1. The minimum absolute atomic E-state index is 0.185. The highest BCUT2D eigenvalue weighted by molar-refractivity contribution is 7.18. The van der Waals surface area contributed by atoms with Crippen molar-refractivity contribution in [2.24, 2.45) is 0 Å². The Hall–Kier alpha value is -1.88. The van der Waals surface area contributed by atoms with Crippen molar-refractivity contribution < 1.29 is 4.79 Å². The molecule has 0 radical (unpaired) electrons. The van der Waals surface area contributed by atoms with Gasteiger partial charge >= 0.3 is 0 Å². The first-order valence-corrected chi connectivity index (χ1v) is 8.44. The Bertz CT molecular complexity index is 856. The lowest BCUT2D eigenvalue weighted by Gasteiger charge is -1.99. The number of hydrogen-bond acceptors (Lipinski definition) is 3. The number of benzene rings is 2. The summed E-state index contributed by atoms with van der Waals surface area (Å²) in [5, 5.41) is 4.65. The fourth-order valence-electron chi connectivity index (χ4n) is 2.01. The Labute approximate surface area is 147 Å². The molecule has 23 heavy (non-hydrogen) atoms. The highest BCUT2D eigenvalue weighted by Crippen LogP contribution is 2.23. The van der Waals surface area contributed by atoms with Crippen LogP contribution < -0.4 is 5.32 Å². The third-order valence-corrected chi connectivity index (χ3v) is 4.90. The number of hydrogen-bond donors (Lipinski definition) is 1. The highest BCUT2D eigenvalue weighted by atomic mass is 35.5. The molecule has 0 saturated heterocycles. The molecule has 1 N–H and O–H groups in total. The zero-order chi connectivity index (χ0) is 16.2. The average molecular weight is 363 g/mol. The summed E-state index contributed by atoms with van der Waals surface area (Å²) in [6, 6.07) is 13.1. The Morgan fingerprint density at radius 2 is 2.00 bits per heavy atom. The van der Waals surface area contributed by atoms with E-state index in [2.05, 4.69) is 10.3 Å². The number of nitrogens with one attached hydrogen (secondary N) is 1. The Kier molecular flexibility index (Phi) is 4.96. The Balaban J connectivity index is 1.60. The van der Waals surface area contributed by atoms with E-state index in [1.165, 1.54) is 6.08 Å². The van der Waals surface area contributed by atoms with E-state index < -0.39 is 0 Å². The van der Waals surface area contributed by atoms with Crippen LogP contribution in [0.25, 0.3) is 16.3 Å². The van der Waals surface area contributed by atoms with Crippen LogP contribution in [0, 0.1) is 0 Å². The second kappa shape index (κ2) is 7.13. The van der Waals surface area contributed by atoms with Gasteiger partial charge in [0, 0.05) is 6.08 Å². The molecule has 6 heteroatoms. The monoisotopic (exact) mass is 362 g/mol. The molecular weight excluding hydrogens is 351 g/mol. The number of fused-ring (bicyclic) bond motifs is 1. The molecule has 0 aliphatic heterocycles. The van der Waals surface area contributed by atoms with E-state index in [1.54, 1.807) is 35.6 Å². The van der Waals surface area contributed by atoms with Crippen molar-refractivity contribution in [3.05, 3.63) is 69.2 Å². The molecule has 0 atom stereocenters. The van der Waals surface area contributed by atoms with Gasteiger partial charge < -0.3 is 5.32 Å². The van der Waals surface area contributed by atoms with Crippen LogP contribution in [0.2, 0.25) is 10.0 Å². The predicted molar refractivity (Wildman–Crippen MR) is 97.0 cm³/mol. The van der Waals surface area contributed by atoms with Gasteiger partial charge in [-0.25, -0.2) is 4.98 Å². The largest absolute Gasteiger partial charge is 0.346 e. The number of halogens is 2. The van der Waals surface area contributed by atoms with Gasteiger partial charge in [-0.1, -0.05) is 41.4 Å². The Morgan fingerprint density at radius 3 is 2.78 bits per heavy atom. The van der Waals surface area contributed by atoms with Crippen LogP contribution in [0.1, 0.15) is 10.6 Å². The zero-order valence-electron chi connectivity index (χ0n) is 11.9. The highest BCUT2D eigenvalue weighted by Gasteiger charge is 2.04. The van der Waals surface area contributed by atoms with E-state index in [1.807, 2.05) is 24.3 Å². The molecule has 0 saturated carbocycles. The van der Waals surface area contributed by atoms with Gasteiger partial charge in [0.15, 0.2) is 0 Å². The number of thiazole rings is 1. The molecule has 0 aliphatic rings. The molecule has 1 aromatic heterocycles. The summed E-state index contributed by atoms with van der Waals surface area (Å²) in [4.78, 5) is 16.3.